The van der Waals surface area contributed by atoms with Crippen molar-refractivity contribution in [3.05, 3.63) is 11.5 Å². The van der Waals surface area contributed by atoms with Crippen LogP contribution in [0.1, 0.15) is 53.4 Å². The first-order chi connectivity index (χ1) is 10.4. The second kappa shape index (κ2) is 6.27. The van der Waals surface area contributed by atoms with Crippen LogP contribution in [0.25, 0.3) is 0 Å². The van der Waals surface area contributed by atoms with Crippen molar-refractivity contribution >= 4 is 7.12 Å². The zero-order valence-electron chi connectivity index (χ0n) is 14.6. The molecule has 0 bridgehead atoms. The van der Waals surface area contributed by atoms with Crippen LogP contribution >= 0.6 is 0 Å². The van der Waals surface area contributed by atoms with E-state index in [1.807, 2.05) is 0 Å². The van der Waals surface area contributed by atoms with E-state index in [1.165, 1.54) is 18.4 Å². The summed E-state index contributed by atoms with van der Waals surface area (Å²) in [4.78, 5) is 2.60. The Labute approximate surface area is 135 Å². The minimum Gasteiger partial charge on any atom is -0.400 e. The van der Waals surface area contributed by atoms with Crippen LogP contribution in [0.2, 0.25) is 0 Å². The maximum absolute atomic E-state index is 6.18. The molecule has 0 amide bonds. The van der Waals surface area contributed by atoms with E-state index in [0.717, 1.165) is 39.0 Å². The molecule has 0 saturated carbocycles. The minimum absolute atomic E-state index is 0.154. The Hall–Kier alpha value is -0.355. The van der Waals surface area contributed by atoms with Crippen molar-refractivity contribution in [2.75, 3.05) is 26.3 Å². The van der Waals surface area contributed by atoms with E-state index in [-0.39, 0.29) is 18.3 Å². The summed E-state index contributed by atoms with van der Waals surface area (Å²) in [6, 6.07) is 0.660. The Morgan fingerprint density at radius 1 is 1.09 bits per heavy atom. The van der Waals surface area contributed by atoms with Crippen molar-refractivity contribution in [3.8, 4) is 0 Å². The highest BCUT2D eigenvalue weighted by atomic mass is 16.7. The van der Waals surface area contributed by atoms with Gasteiger partial charge in [-0.15, -0.1) is 0 Å². The van der Waals surface area contributed by atoms with Gasteiger partial charge >= 0.3 is 7.12 Å². The van der Waals surface area contributed by atoms with Crippen LogP contribution in [0, 0.1) is 0 Å². The first kappa shape index (κ1) is 16.5. The molecule has 2 heterocycles. The Morgan fingerprint density at radius 3 is 2.45 bits per heavy atom. The smallest absolute Gasteiger partial charge is 0.400 e. The molecular weight excluding hydrogens is 277 g/mol. The molecule has 0 aromatic rings. The number of rotatable bonds is 2. The first-order valence-electron chi connectivity index (χ1n) is 8.75. The summed E-state index contributed by atoms with van der Waals surface area (Å²) in [5, 5.41) is 0. The lowest BCUT2D eigenvalue weighted by Gasteiger charge is -2.32. The molecule has 22 heavy (non-hydrogen) atoms. The Morgan fingerprint density at radius 2 is 1.82 bits per heavy atom. The Balaban J connectivity index is 1.60. The highest BCUT2D eigenvalue weighted by Gasteiger charge is 2.52. The minimum atomic E-state index is -0.239. The number of ether oxygens (including phenoxy) is 1. The van der Waals surface area contributed by atoms with Gasteiger partial charge in [0.2, 0.25) is 0 Å². The molecule has 3 rings (SSSR count). The van der Waals surface area contributed by atoms with Crippen LogP contribution in [0.3, 0.4) is 0 Å². The van der Waals surface area contributed by atoms with Gasteiger partial charge < -0.3 is 14.0 Å². The third-order valence-corrected chi connectivity index (χ3v) is 5.75. The molecule has 1 aliphatic carbocycles. The molecule has 0 N–H and O–H groups in total. The number of nitrogens with zero attached hydrogens (tertiary/aromatic N) is 1. The molecule has 0 aromatic heterocycles. The molecule has 3 aliphatic rings. The van der Waals surface area contributed by atoms with Crippen LogP contribution in [0.5, 0.6) is 0 Å². The van der Waals surface area contributed by atoms with Crippen molar-refractivity contribution in [1.82, 2.24) is 4.90 Å². The van der Waals surface area contributed by atoms with Gasteiger partial charge in [-0.1, -0.05) is 6.08 Å². The third-order valence-electron chi connectivity index (χ3n) is 5.75. The standard InChI is InChI=1S/C17H30BNO3/c1-16(2)17(3,4)22-18(21-16)14-6-8-15(9-7-14)19-10-5-12-20-13-11-19/h6,15H,5,7-13H2,1-4H3/t15-/m1/s1. The number of hydrogen-bond donors (Lipinski definition) is 0. The molecule has 2 saturated heterocycles. The molecule has 4 nitrogen and oxygen atoms in total. The molecule has 1 atom stereocenters. The predicted molar refractivity (Wildman–Crippen MR) is 88.8 cm³/mol. The molecule has 0 spiro atoms. The van der Waals surface area contributed by atoms with Crippen LogP contribution in [-0.2, 0) is 14.0 Å². The van der Waals surface area contributed by atoms with Crippen molar-refractivity contribution in [2.24, 2.45) is 0 Å². The third kappa shape index (κ3) is 3.28. The van der Waals surface area contributed by atoms with Gasteiger partial charge in [-0.05, 0) is 58.9 Å². The van der Waals surface area contributed by atoms with E-state index >= 15 is 0 Å². The zero-order chi connectivity index (χ0) is 15.8. The molecule has 2 aliphatic heterocycles. The monoisotopic (exact) mass is 307 g/mol. The van der Waals surface area contributed by atoms with E-state index in [0.29, 0.717) is 6.04 Å². The first-order valence-corrected chi connectivity index (χ1v) is 8.75. The van der Waals surface area contributed by atoms with Gasteiger partial charge in [-0.2, -0.15) is 0 Å². The van der Waals surface area contributed by atoms with E-state index < -0.39 is 0 Å². The average molecular weight is 307 g/mol. The van der Waals surface area contributed by atoms with Crippen LogP contribution < -0.4 is 0 Å². The fourth-order valence-corrected chi connectivity index (χ4v) is 3.51. The van der Waals surface area contributed by atoms with Gasteiger partial charge in [-0.3, -0.25) is 4.90 Å². The fourth-order valence-electron chi connectivity index (χ4n) is 3.51. The average Bonchev–Trinajstić information content (AvgIpc) is 2.67. The summed E-state index contributed by atoms with van der Waals surface area (Å²) in [6.07, 6.45) is 6.92. The quantitative estimate of drug-likeness (QED) is 0.734. The lowest BCUT2D eigenvalue weighted by Crippen LogP contribution is -2.41. The van der Waals surface area contributed by atoms with Gasteiger partial charge in [0.05, 0.1) is 17.8 Å². The summed E-state index contributed by atoms with van der Waals surface area (Å²) < 4.78 is 17.9. The van der Waals surface area contributed by atoms with E-state index in [1.54, 1.807) is 0 Å². The van der Waals surface area contributed by atoms with Crippen molar-refractivity contribution < 1.29 is 14.0 Å². The van der Waals surface area contributed by atoms with Gasteiger partial charge in [0.15, 0.2) is 0 Å². The van der Waals surface area contributed by atoms with Crippen LogP contribution in [0.15, 0.2) is 11.5 Å². The molecular formula is C17H30BNO3. The Kier molecular flexibility index (Phi) is 4.70. The van der Waals surface area contributed by atoms with Crippen molar-refractivity contribution in [2.45, 2.75) is 70.6 Å². The lowest BCUT2D eigenvalue weighted by atomic mass is 9.71. The fraction of sp³-hybridized carbons (Fsp3) is 0.882. The van der Waals surface area contributed by atoms with Crippen molar-refractivity contribution in [1.29, 1.82) is 0 Å². The SMILES string of the molecule is CC1(C)OB(C2=CC[C@@H](N3CCCOCC3)CC2)OC1(C)C. The summed E-state index contributed by atoms with van der Waals surface area (Å²) in [7, 11) is -0.154. The normalized spacial score (nSPS) is 32.6. The van der Waals surface area contributed by atoms with Gasteiger partial charge in [0.25, 0.3) is 0 Å². The van der Waals surface area contributed by atoms with Crippen molar-refractivity contribution in [3.63, 3.8) is 0 Å². The van der Waals surface area contributed by atoms with Crippen LogP contribution in [-0.4, -0.2) is 55.6 Å². The molecule has 124 valence electrons. The predicted octanol–water partition coefficient (Wildman–Crippen LogP) is 2.82. The largest absolute Gasteiger partial charge is 0.490 e. The summed E-state index contributed by atoms with van der Waals surface area (Å²) >= 11 is 0. The Bertz CT molecular complexity index is 412. The van der Waals surface area contributed by atoms with E-state index in [4.69, 9.17) is 14.0 Å². The molecule has 0 unspecified atom stereocenters. The second-order valence-electron chi connectivity index (χ2n) is 7.80. The number of allylic oxidation sites excluding steroid dienone is 1. The molecule has 0 aromatic carbocycles. The second-order valence-corrected chi connectivity index (χ2v) is 7.80. The molecule has 2 fully saturated rings. The molecule has 5 heteroatoms. The van der Waals surface area contributed by atoms with Gasteiger partial charge in [-0.25, -0.2) is 0 Å². The topological polar surface area (TPSA) is 30.9 Å². The summed E-state index contributed by atoms with van der Waals surface area (Å²) in [6.45, 7) is 12.5. The van der Waals surface area contributed by atoms with Gasteiger partial charge in [0, 0.05) is 25.7 Å². The number of hydrogen-bond acceptors (Lipinski definition) is 4. The highest BCUT2D eigenvalue weighted by molar-refractivity contribution is 6.54. The van der Waals surface area contributed by atoms with E-state index in [2.05, 4.69) is 38.7 Å². The van der Waals surface area contributed by atoms with Gasteiger partial charge in [0.1, 0.15) is 0 Å². The zero-order valence-corrected chi connectivity index (χ0v) is 14.6. The maximum Gasteiger partial charge on any atom is 0.490 e. The summed E-state index contributed by atoms with van der Waals surface area (Å²) in [5.74, 6) is 0. The molecule has 0 radical (unpaired) electrons. The van der Waals surface area contributed by atoms with E-state index in [9.17, 15) is 0 Å². The highest BCUT2D eigenvalue weighted by Crippen LogP contribution is 2.40. The maximum atomic E-state index is 6.18. The lowest BCUT2D eigenvalue weighted by molar-refractivity contribution is 0.00578. The van der Waals surface area contributed by atoms with Crippen LogP contribution in [0.4, 0.5) is 0 Å². The summed E-state index contributed by atoms with van der Waals surface area (Å²) in [5.41, 5.74) is 0.857.